The van der Waals surface area contributed by atoms with Gasteiger partial charge in [-0.25, -0.2) is 4.79 Å². The molecule has 7 heteroatoms. The van der Waals surface area contributed by atoms with Gasteiger partial charge in [0.05, 0.1) is 11.3 Å². The maximum atomic E-state index is 12.3. The van der Waals surface area contributed by atoms with Crippen molar-refractivity contribution in [3.05, 3.63) is 65.9 Å². The molecule has 0 fully saturated rings. The first-order valence-electron chi connectivity index (χ1n) is 8.44. The molecular formula is C20H16N2O4S. The van der Waals surface area contributed by atoms with Crippen LogP contribution in [-0.2, 0) is 16.1 Å². The second-order valence-corrected chi connectivity index (χ2v) is 7.12. The third kappa shape index (κ3) is 4.03. The van der Waals surface area contributed by atoms with Crippen LogP contribution < -0.4 is 5.32 Å². The summed E-state index contributed by atoms with van der Waals surface area (Å²) in [6, 6.07) is 16.5. The molecule has 27 heavy (non-hydrogen) atoms. The van der Waals surface area contributed by atoms with E-state index in [-0.39, 0.29) is 12.5 Å². The molecule has 1 amide bonds. The maximum absolute atomic E-state index is 12.3. The number of carbonyl (C=O) groups excluding carboxylic acids is 2. The number of anilines is 1. The van der Waals surface area contributed by atoms with E-state index in [2.05, 4.69) is 10.5 Å². The Morgan fingerprint density at radius 1 is 1.19 bits per heavy atom. The molecule has 0 atom stereocenters. The topological polar surface area (TPSA) is 81.4 Å². The average Bonchev–Trinajstić information content (AvgIpc) is 3.08. The minimum Gasteiger partial charge on any atom is -0.455 e. The molecule has 1 aliphatic rings. The summed E-state index contributed by atoms with van der Waals surface area (Å²) in [5, 5.41) is 6.76. The lowest BCUT2D eigenvalue weighted by Crippen LogP contribution is -2.11. The molecule has 1 N–H and O–H groups in total. The van der Waals surface area contributed by atoms with Crippen LogP contribution in [0.2, 0.25) is 0 Å². The highest BCUT2D eigenvalue weighted by Crippen LogP contribution is 2.31. The highest BCUT2D eigenvalue weighted by molar-refractivity contribution is 7.99. The van der Waals surface area contributed by atoms with Crippen LogP contribution in [0.4, 0.5) is 5.69 Å². The molecule has 0 bridgehead atoms. The quantitative estimate of drug-likeness (QED) is 0.686. The Labute approximate surface area is 159 Å². The molecule has 1 aromatic heterocycles. The molecule has 0 saturated carbocycles. The third-order valence-corrected chi connectivity index (χ3v) is 5.12. The first kappa shape index (κ1) is 17.4. The first-order chi connectivity index (χ1) is 13.2. The average molecular weight is 380 g/mol. The van der Waals surface area contributed by atoms with E-state index in [4.69, 9.17) is 9.26 Å². The Morgan fingerprint density at radius 2 is 2.04 bits per heavy atom. The van der Waals surface area contributed by atoms with E-state index < -0.39 is 5.97 Å². The van der Waals surface area contributed by atoms with Crippen LogP contribution in [0.1, 0.15) is 22.5 Å². The zero-order chi connectivity index (χ0) is 18.6. The molecule has 0 aliphatic carbocycles. The van der Waals surface area contributed by atoms with Crippen molar-refractivity contribution >= 4 is 29.3 Å². The van der Waals surface area contributed by atoms with E-state index in [0.717, 1.165) is 16.2 Å². The molecule has 4 rings (SSSR count). The lowest BCUT2D eigenvalue weighted by atomic mass is 10.2. The van der Waals surface area contributed by atoms with Gasteiger partial charge >= 0.3 is 5.97 Å². The summed E-state index contributed by atoms with van der Waals surface area (Å²) in [5.74, 6) is 0.804. The van der Waals surface area contributed by atoms with Gasteiger partial charge in [-0.15, -0.1) is 11.8 Å². The van der Waals surface area contributed by atoms with Crippen LogP contribution in [0, 0.1) is 0 Å². The summed E-state index contributed by atoms with van der Waals surface area (Å²) in [6.45, 7) is 0.00730. The van der Waals surface area contributed by atoms with Crippen LogP contribution in [0.3, 0.4) is 0 Å². The molecule has 2 heterocycles. The highest BCUT2D eigenvalue weighted by Gasteiger charge is 2.17. The van der Waals surface area contributed by atoms with Crippen molar-refractivity contribution in [2.45, 2.75) is 17.9 Å². The van der Waals surface area contributed by atoms with E-state index >= 15 is 0 Å². The predicted molar refractivity (Wildman–Crippen MR) is 101 cm³/mol. The smallest absolute Gasteiger partial charge is 0.338 e. The van der Waals surface area contributed by atoms with Crippen molar-refractivity contribution in [2.24, 2.45) is 0 Å². The summed E-state index contributed by atoms with van der Waals surface area (Å²) < 4.78 is 10.6. The van der Waals surface area contributed by atoms with Crippen molar-refractivity contribution in [1.29, 1.82) is 0 Å². The van der Waals surface area contributed by atoms with Gasteiger partial charge in [0.25, 0.3) is 0 Å². The fraction of sp³-hybridized carbons (Fsp3) is 0.150. The number of benzene rings is 2. The summed E-state index contributed by atoms with van der Waals surface area (Å²) in [4.78, 5) is 25.0. The van der Waals surface area contributed by atoms with Crippen LogP contribution in [0.5, 0.6) is 0 Å². The number of amides is 1. The van der Waals surface area contributed by atoms with Crippen LogP contribution in [-0.4, -0.2) is 22.8 Å². The third-order valence-electron chi connectivity index (χ3n) is 4.04. The predicted octanol–water partition coefficient (Wildman–Crippen LogP) is 4.13. The summed E-state index contributed by atoms with van der Waals surface area (Å²) >= 11 is 1.59. The number of hydrogen-bond donors (Lipinski definition) is 1. The van der Waals surface area contributed by atoms with Crippen LogP contribution in [0.25, 0.3) is 11.3 Å². The van der Waals surface area contributed by atoms with Gasteiger partial charge < -0.3 is 14.6 Å². The number of nitrogens with zero attached hydrogens (tertiary/aromatic N) is 1. The van der Waals surface area contributed by atoms with Crippen LogP contribution in [0.15, 0.2) is 64.0 Å². The Balaban J connectivity index is 1.43. The second-order valence-electron chi connectivity index (χ2n) is 5.98. The Morgan fingerprint density at radius 3 is 2.89 bits per heavy atom. The minimum atomic E-state index is -0.481. The van der Waals surface area contributed by atoms with Gasteiger partial charge in [-0.3, -0.25) is 4.79 Å². The molecule has 136 valence electrons. The van der Waals surface area contributed by atoms with E-state index in [1.807, 2.05) is 36.4 Å². The lowest BCUT2D eigenvalue weighted by Gasteiger charge is -2.08. The van der Waals surface area contributed by atoms with Gasteiger partial charge in [-0.1, -0.05) is 35.5 Å². The van der Waals surface area contributed by atoms with Crippen molar-refractivity contribution < 1.29 is 18.8 Å². The monoisotopic (exact) mass is 380 g/mol. The molecule has 0 unspecified atom stereocenters. The molecule has 1 aliphatic heterocycles. The number of thioether (sulfide) groups is 1. The van der Waals surface area contributed by atoms with Crippen molar-refractivity contribution in [3.63, 3.8) is 0 Å². The number of nitrogens with one attached hydrogen (secondary N) is 1. The summed E-state index contributed by atoms with van der Waals surface area (Å²) in [6.07, 6.45) is 0.453. The molecule has 3 aromatic rings. The van der Waals surface area contributed by atoms with E-state index in [9.17, 15) is 9.59 Å². The van der Waals surface area contributed by atoms with Crippen molar-refractivity contribution in [3.8, 4) is 11.3 Å². The number of aromatic nitrogens is 1. The number of hydrogen-bond acceptors (Lipinski definition) is 6. The van der Waals surface area contributed by atoms with Crippen molar-refractivity contribution in [2.75, 3.05) is 11.1 Å². The highest BCUT2D eigenvalue weighted by atomic mass is 32.2. The van der Waals surface area contributed by atoms with Gasteiger partial charge in [0.1, 0.15) is 12.3 Å². The number of rotatable bonds is 4. The Kier molecular flexibility index (Phi) is 4.93. The van der Waals surface area contributed by atoms with Gasteiger partial charge in [-0.05, 0) is 18.2 Å². The van der Waals surface area contributed by atoms with Crippen LogP contribution >= 0.6 is 11.8 Å². The van der Waals surface area contributed by atoms with Gasteiger partial charge in [0, 0.05) is 28.7 Å². The zero-order valence-corrected chi connectivity index (χ0v) is 15.1. The van der Waals surface area contributed by atoms with Crippen molar-refractivity contribution in [1.82, 2.24) is 5.16 Å². The SMILES string of the molecule is O=C1CCSc2ccc(C(=O)OCc3cc(-c4ccccc4)on3)cc2N1. The van der Waals surface area contributed by atoms with E-state index in [1.165, 1.54) is 0 Å². The lowest BCUT2D eigenvalue weighted by molar-refractivity contribution is -0.115. The molecule has 0 radical (unpaired) electrons. The largest absolute Gasteiger partial charge is 0.455 e. The molecule has 0 spiro atoms. The fourth-order valence-electron chi connectivity index (χ4n) is 2.69. The maximum Gasteiger partial charge on any atom is 0.338 e. The Hall–Kier alpha value is -3.06. The molecule has 0 saturated heterocycles. The normalized spacial score (nSPS) is 13.4. The summed E-state index contributed by atoms with van der Waals surface area (Å²) in [7, 11) is 0. The second kappa shape index (κ2) is 7.67. The number of esters is 1. The summed E-state index contributed by atoms with van der Waals surface area (Å²) in [5.41, 5.74) is 2.45. The Bertz CT molecular complexity index is 985. The zero-order valence-electron chi connectivity index (χ0n) is 14.3. The van der Waals surface area contributed by atoms with E-state index in [0.29, 0.717) is 29.1 Å². The standard InChI is InChI=1S/C20H16N2O4S/c23-19-8-9-27-18-7-6-14(10-16(18)21-19)20(24)25-12-15-11-17(26-22-15)13-4-2-1-3-5-13/h1-7,10-11H,8-9,12H2,(H,21,23). The number of fused-ring (bicyclic) bond motifs is 1. The molecule has 6 nitrogen and oxygen atoms in total. The fourth-order valence-corrected chi connectivity index (χ4v) is 3.63. The van der Waals surface area contributed by atoms with Gasteiger partial charge in [0.2, 0.25) is 5.91 Å². The van der Waals surface area contributed by atoms with E-state index in [1.54, 1.807) is 30.0 Å². The van der Waals surface area contributed by atoms with Gasteiger partial charge in [0.15, 0.2) is 5.76 Å². The first-order valence-corrected chi connectivity index (χ1v) is 9.42. The molecule has 2 aromatic carbocycles. The number of ether oxygens (including phenoxy) is 1. The van der Waals surface area contributed by atoms with Gasteiger partial charge in [-0.2, -0.15) is 0 Å². The minimum absolute atomic E-state index is 0.00730. The molecular weight excluding hydrogens is 364 g/mol. The number of carbonyl (C=O) groups is 2.